The van der Waals surface area contributed by atoms with Crippen molar-refractivity contribution in [2.24, 2.45) is 0 Å². The molecule has 1 atom stereocenters. The minimum atomic E-state index is -2.00. The average Bonchev–Trinajstić information content (AvgIpc) is 2.45. The van der Waals surface area contributed by atoms with Crippen molar-refractivity contribution in [3.8, 4) is 5.75 Å². The van der Waals surface area contributed by atoms with E-state index in [1.807, 2.05) is 31.2 Å². The monoisotopic (exact) mass is 338 g/mol. The summed E-state index contributed by atoms with van der Waals surface area (Å²) >= 11 is 0. The van der Waals surface area contributed by atoms with Crippen LogP contribution >= 0.6 is 0 Å². The Bertz CT molecular complexity index is 503. The van der Waals surface area contributed by atoms with Gasteiger partial charge in [0.05, 0.1) is 26.2 Å². The zero-order valence-corrected chi connectivity index (χ0v) is 16.4. The third-order valence-corrected chi connectivity index (χ3v) is 8.87. The summed E-state index contributed by atoms with van der Waals surface area (Å²) in [6.07, 6.45) is -0.0620. The second kappa shape index (κ2) is 7.97. The van der Waals surface area contributed by atoms with E-state index in [1.165, 1.54) is 0 Å². The molecule has 0 amide bonds. The second-order valence-corrected chi connectivity index (χ2v) is 11.9. The van der Waals surface area contributed by atoms with Crippen LogP contribution in [-0.2, 0) is 14.0 Å². The molecular weight excluding hydrogens is 308 g/mol. The number of rotatable bonds is 7. The van der Waals surface area contributed by atoms with E-state index in [2.05, 4.69) is 33.9 Å². The Labute approximate surface area is 141 Å². The molecule has 0 aliphatic heterocycles. The molecule has 0 heterocycles. The van der Waals surface area contributed by atoms with Gasteiger partial charge in [0.2, 0.25) is 0 Å². The molecule has 0 spiro atoms. The van der Waals surface area contributed by atoms with Gasteiger partial charge in [-0.1, -0.05) is 32.9 Å². The quantitative estimate of drug-likeness (QED) is 0.533. The van der Waals surface area contributed by atoms with E-state index in [9.17, 15) is 4.79 Å². The fraction of sp³-hybridized carbons (Fsp3) is 0.611. The number of carbonyl (C=O) groups is 1. The molecule has 1 unspecified atom stereocenters. The number of hydrogen-bond acceptors (Lipinski definition) is 4. The van der Waals surface area contributed by atoms with Crippen molar-refractivity contribution in [1.29, 1.82) is 0 Å². The number of ether oxygens (including phenoxy) is 2. The van der Waals surface area contributed by atoms with Crippen LogP contribution in [0.2, 0.25) is 18.1 Å². The Hall–Kier alpha value is -1.33. The van der Waals surface area contributed by atoms with Gasteiger partial charge in [-0.05, 0) is 42.8 Å². The van der Waals surface area contributed by atoms with Crippen LogP contribution in [0.15, 0.2) is 24.3 Å². The fourth-order valence-electron chi connectivity index (χ4n) is 1.95. The molecule has 0 aliphatic carbocycles. The summed E-state index contributed by atoms with van der Waals surface area (Å²) < 4.78 is 16.8. The lowest BCUT2D eigenvalue weighted by Gasteiger charge is -2.39. The SMILES string of the molecule is CCOC(=O)CC(O[Si](C)(C)C(C)(C)C)c1ccc(OC)cc1. The first-order valence-electron chi connectivity index (χ1n) is 8.08. The number of methoxy groups -OCH3 is 1. The van der Waals surface area contributed by atoms with Crippen LogP contribution in [0.4, 0.5) is 0 Å². The van der Waals surface area contributed by atoms with Crippen molar-refractivity contribution in [3.05, 3.63) is 29.8 Å². The number of carbonyl (C=O) groups excluding carboxylic acids is 1. The van der Waals surface area contributed by atoms with Crippen LogP contribution in [0.1, 0.15) is 45.8 Å². The molecule has 1 aromatic carbocycles. The summed E-state index contributed by atoms with van der Waals surface area (Å²) in [6.45, 7) is 13.1. The van der Waals surface area contributed by atoms with E-state index in [1.54, 1.807) is 7.11 Å². The minimum Gasteiger partial charge on any atom is -0.497 e. The Morgan fingerprint density at radius 2 is 1.74 bits per heavy atom. The summed E-state index contributed by atoms with van der Waals surface area (Å²) in [7, 11) is -0.365. The Morgan fingerprint density at radius 1 is 1.17 bits per heavy atom. The van der Waals surface area contributed by atoms with Crippen LogP contribution < -0.4 is 4.74 Å². The molecular formula is C18H30O4Si. The van der Waals surface area contributed by atoms with Gasteiger partial charge >= 0.3 is 5.97 Å². The first-order valence-corrected chi connectivity index (χ1v) is 11.0. The van der Waals surface area contributed by atoms with Gasteiger partial charge in [-0.15, -0.1) is 0 Å². The van der Waals surface area contributed by atoms with Crippen molar-refractivity contribution in [1.82, 2.24) is 0 Å². The number of esters is 1. The van der Waals surface area contributed by atoms with Gasteiger partial charge in [-0.25, -0.2) is 0 Å². The summed E-state index contributed by atoms with van der Waals surface area (Å²) in [5.74, 6) is 0.558. The first kappa shape index (κ1) is 19.7. The smallest absolute Gasteiger partial charge is 0.308 e. The van der Waals surface area contributed by atoms with E-state index in [-0.39, 0.29) is 23.5 Å². The molecule has 5 heteroatoms. The van der Waals surface area contributed by atoms with Crippen LogP contribution in [0, 0.1) is 0 Å². The molecule has 0 aromatic heterocycles. The lowest BCUT2D eigenvalue weighted by atomic mass is 10.1. The molecule has 1 rings (SSSR count). The average molecular weight is 339 g/mol. The zero-order chi connectivity index (χ0) is 17.7. The molecule has 0 saturated heterocycles. The molecule has 130 valence electrons. The van der Waals surface area contributed by atoms with Crippen molar-refractivity contribution in [2.45, 2.75) is 58.4 Å². The van der Waals surface area contributed by atoms with E-state index in [0.29, 0.717) is 6.61 Å². The highest BCUT2D eigenvalue weighted by Gasteiger charge is 2.40. The third-order valence-electron chi connectivity index (χ3n) is 4.39. The Kier molecular flexibility index (Phi) is 6.83. The number of hydrogen-bond donors (Lipinski definition) is 0. The largest absolute Gasteiger partial charge is 0.497 e. The molecule has 23 heavy (non-hydrogen) atoms. The van der Waals surface area contributed by atoms with Gasteiger partial charge in [-0.2, -0.15) is 0 Å². The first-order chi connectivity index (χ1) is 10.6. The van der Waals surface area contributed by atoms with E-state index in [0.717, 1.165) is 11.3 Å². The van der Waals surface area contributed by atoms with Gasteiger partial charge in [0, 0.05) is 0 Å². The van der Waals surface area contributed by atoms with Crippen molar-refractivity contribution in [2.75, 3.05) is 13.7 Å². The lowest BCUT2D eigenvalue weighted by molar-refractivity contribution is -0.145. The molecule has 0 N–H and O–H groups in total. The maximum Gasteiger partial charge on any atom is 0.308 e. The van der Waals surface area contributed by atoms with E-state index < -0.39 is 8.32 Å². The number of benzene rings is 1. The van der Waals surface area contributed by atoms with E-state index in [4.69, 9.17) is 13.9 Å². The summed E-state index contributed by atoms with van der Waals surface area (Å²) in [4.78, 5) is 12.0. The lowest BCUT2D eigenvalue weighted by Crippen LogP contribution is -2.42. The van der Waals surface area contributed by atoms with Crippen LogP contribution in [0.3, 0.4) is 0 Å². The zero-order valence-electron chi connectivity index (χ0n) is 15.4. The standard InChI is InChI=1S/C18H30O4Si/c1-8-21-17(19)13-16(22-23(6,7)18(2,3)4)14-9-11-15(20-5)12-10-14/h9-12,16H,8,13H2,1-7H3. The van der Waals surface area contributed by atoms with Crippen molar-refractivity contribution < 1.29 is 18.7 Å². The van der Waals surface area contributed by atoms with Gasteiger partial charge in [0.25, 0.3) is 0 Å². The van der Waals surface area contributed by atoms with E-state index >= 15 is 0 Å². The Morgan fingerprint density at radius 3 is 2.17 bits per heavy atom. The molecule has 0 bridgehead atoms. The molecule has 1 aromatic rings. The topological polar surface area (TPSA) is 44.8 Å². The predicted octanol–water partition coefficient (Wildman–Crippen LogP) is 4.71. The Balaban J connectivity index is 3.03. The maximum absolute atomic E-state index is 12.0. The second-order valence-electron chi connectivity index (χ2n) is 7.15. The minimum absolute atomic E-state index is 0.0758. The highest BCUT2D eigenvalue weighted by atomic mass is 28.4. The predicted molar refractivity (Wildman–Crippen MR) is 95.3 cm³/mol. The maximum atomic E-state index is 12.0. The molecule has 0 fully saturated rings. The van der Waals surface area contributed by atoms with Gasteiger partial charge in [-0.3, -0.25) is 4.79 Å². The normalized spacial score (nSPS) is 13.5. The van der Waals surface area contributed by atoms with Crippen molar-refractivity contribution >= 4 is 14.3 Å². The highest BCUT2D eigenvalue weighted by molar-refractivity contribution is 6.74. The molecule has 0 saturated carbocycles. The molecule has 4 nitrogen and oxygen atoms in total. The van der Waals surface area contributed by atoms with Gasteiger partial charge < -0.3 is 13.9 Å². The summed E-state index contributed by atoms with van der Waals surface area (Å²) in [6, 6.07) is 7.69. The van der Waals surface area contributed by atoms with Crippen LogP contribution in [-0.4, -0.2) is 28.0 Å². The van der Waals surface area contributed by atoms with Crippen molar-refractivity contribution in [3.63, 3.8) is 0 Å². The highest BCUT2D eigenvalue weighted by Crippen LogP contribution is 2.40. The van der Waals surface area contributed by atoms with Crippen LogP contribution in [0.5, 0.6) is 5.75 Å². The summed E-state index contributed by atoms with van der Waals surface area (Å²) in [5.41, 5.74) is 0.976. The molecule has 0 aliphatic rings. The fourth-order valence-corrected chi connectivity index (χ4v) is 3.23. The third kappa shape index (κ3) is 5.66. The van der Waals surface area contributed by atoms with Crippen LogP contribution in [0.25, 0.3) is 0 Å². The van der Waals surface area contributed by atoms with Gasteiger partial charge in [0.1, 0.15) is 5.75 Å². The molecule has 0 radical (unpaired) electrons. The summed E-state index contributed by atoms with van der Waals surface area (Å²) in [5, 5.41) is 0.0758. The van der Waals surface area contributed by atoms with Gasteiger partial charge in [0.15, 0.2) is 8.32 Å².